The highest BCUT2D eigenvalue weighted by atomic mass is 19.3. The number of nitrogens with one attached hydrogen (secondary N) is 2. The SMILES string of the molecule is CCOC(=O)ON1CCN(C(=O)[C@H](CCC(=O)O)NC(=O)c2cc(OCC(=O)N3CC(F)(F)C[C@H]3C(=O)NC3CC3)n(-c3ccccc3)n2)CC1. The van der Waals surface area contributed by atoms with Crippen LogP contribution in [0.2, 0.25) is 0 Å². The van der Waals surface area contributed by atoms with Gasteiger partial charge in [0.15, 0.2) is 12.3 Å². The van der Waals surface area contributed by atoms with Gasteiger partial charge >= 0.3 is 12.1 Å². The first-order valence-electron chi connectivity index (χ1n) is 16.5. The lowest BCUT2D eigenvalue weighted by molar-refractivity contribution is -0.157. The molecule has 0 radical (unpaired) electrons. The highest BCUT2D eigenvalue weighted by Gasteiger charge is 2.50. The van der Waals surface area contributed by atoms with Crippen molar-refractivity contribution in [3.8, 4) is 11.6 Å². The molecule has 1 aliphatic carbocycles. The number of carbonyl (C=O) groups excluding carboxylic acids is 5. The normalized spacial score (nSPS) is 19.2. The largest absolute Gasteiger partial charge is 0.527 e. The molecule has 4 amide bonds. The predicted octanol–water partition coefficient (Wildman–Crippen LogP) is 0.961. The number of para-hydroxylation sites is 1. The monoisotopic (exact) mass is 719 g/mol. The Balaban J connectivity index is 1.28. The van der Waals surface area contributed by atoms with Crippen molar-refractivity contribution in [1.82, 2.24) is 35.3 Å². The molecule has 2 aliphatic heterocycles. The molecule has 3 N–H and O–H groups in total. The second-order valence-corrected chi connectivity index (χ2v) is 12.3. The van der Waals surface area contributed by atoms with Gasteiger partial charge in [0.05, 0.1) is 31.9 Å². The number of rotatable bonds is 14. The minimum absolute atomic E-state index is 0.0913. The Morgan fingerprint density at radius 1 is 1.06 bits per heavy atom. The first-order valence-corrected chi connectivity index (χ1v) is 16.5. The number of amides is 4. The van der Waals surface area contributed by atoms with Crippen molar-refractivity contribution < 1.29 is 57.0 Å². The third-order valence-corrected chi connectivity index (χ3v) is 8.34. The summed E-state index contributed by atoms with van der Waals surface area (Å²) < 4.78 is 40.4. The fourth-order valence-corrected chi connectivity index (χ4v) is 5.62. The molecule has 2 atom stereocenters. The lowest BCUT2D eigenvalue weighted by Gasteiger charge is -2.35. The van der Waals surface area contributed by atoms with Crippen molar-refractivity contribution in [2.24, 2.45) is 0 Å². The first-order chi connectivity index (χ1) is 24.3. The summed E-state index contributed by atoms with van der Waals surface area (Å²) in [4.78, 5) is 83.1. The van der Waals surface area contributed by atoms with Crippen LogP contribution in [-0.4, -0.2) is 135 Å². The number of likely N-dealkylation sites (tertiary alicyclic amines) is 1. The summed E-state index contributed by atoms with van der Waals surface area (Å²) in [6.45, 7) is 0.545. The second-order valence-electron chi connectivity index (χ2n) is 12.3. The highest BCUT2D eigenvalue weighted by Crippen LogP contribution is 2.33. The van der Waals surface area contributed by atoms with Gasteiger partial charge in [-0.25, -0.2) is 18.3 Å². The van der Waals surface area contributed by atoms with E-state index in [9.17, 15) is 42.7 Å². The van der Waals surface area contributed by atoms with Crippen LogP contribution in [0.3, 0.4) is 0 Å². The van der Waals surface area contributed by atoms with Crippen molar-refractivity contribution in [1.29, 1.82) is 0 Å². The average molecular weight is 720 g/mol. The molecule has 3 fully saturated rings. The van der Waals surface area contributed by atoms with Crippen molar-refractivity contribution in [2.45, 2.75) is 63.1 Å². The van der Waals surface area contributed by atoms with Crippen LogP contribution in [-0.2, 0) is 28.8 Å². The van der Waals surface area contributed by atoms with Gasteiger partial charge in [0.2, 0.25) is 17.7 Å². The summed E-state index contributed by atoms with van der Waals surface area (Å²) in [5, 5.41) is 20.1. The van der Waals surface area contributed by atoms with Crippen molar-refractivity contribution in [2.75, 3.05) is 45.9 Å². The Labute approximate surface area is 290 Å². The Kier molecular flexibility index (Phi) is 11.7. The molecule has 276 valence electrons. The molecule has 2 aromatic rings. The number of halogens is 2. The van der Waals surface area contributed by atoms with Gasteiger partial charge in [0, 0.05) is 38.0 Å². The fraction of sp³-hybridized carbons (Fsp3) is 0.531. The molecule has 5 rings (SSSR count). The number of alkyl halides is 2. The average Bonchev–Trinajstić information content (AvgIpc) is 3.70. The van der Waals surface area contributed by atoms with Gasteiger partial charge < -0.3 is 39.9 Å². The molecule has 0 bridgehead atoms. The van der Waals surface area contributed by atoms with Crippen molar-refractivity contribution in [3.05, 3.63) is 42.1 Å². The maximum absolute atomic E-state index is 14.4. The maximum atomic E-state index is 14.4. The summed E-state index contributed by atoms with van der Waals surface area (Å²) in [7, 11) is 0. The van der Waals surface area contributed by atoms with E-state index in [-0.39, 0.29) is 56.8 Å². The maximum Gasteiger partial charge on any atom is 0.527 e. The lowest BCUT2D eigenvalue weighted by atomic mass is 10.1. The molecule has 51 heavy (non-hydrogen) atoms. The summed E-state index contributed by atoms with van der Waals surface area (Å²) in [6, 6.07) is 6.81. The highest BCUT2D eigenvalue weighted by molar-refractivity contribution is 5.96. The molecule has 1 saturated carbocycles. The van der Waals surface area contributed by atoms with Gasteiger partial charge in [-0.3, -0.25) is 24.0 Å². The number of hydrogen-bond donors (Lipinski definition) is 3. The molecular weight excluding hydrogens is 680 g/mol. The van der Waals surface area contributed by atoms with Crippen LogP contribution < -0.4 is 15.4 Å². The zero-order valence-corrected chi connectivity index (χ0v) is 27.8. The summed E-state index contributed by atoms with van der Waals surface area (Å²) in [5.74, 6) is -7.52. The zero-order chi connectivity index (χ0) is 36.7. The van der Waals surface area contributed by atoms with E-state index in [1.807, 2.05) is 0 Å². The molecule has 17 nitrogen and oxygen atoms in total. The number of hydrogen-bond acceptors (Lipinski definition) is 11. The van der Waals surface area contributed by atoms with E-state index >= 15 is 0 Å². The van der Waals surface area contributed by atoms with Crippen LogP contribution in [0.25, 0.3) is 5.69 Å². The zero-order valence-electron chi connectivity index (χ0n) is 27.8. The third-order valence-electron chi connectivity index (χ3n) is 8.34. The number of piperazine rings is 1. The van der Waals surface area contributed by atoms with Gasteiger partial charge in [-0.2, -0.15) is 5.10 Å². The summed E-state index contributed by atoms with van der Waals surface area (Å²) >= 11 is 0. The second kappa shape index (κ2) is 16.1. The third kappa shape index (κ3) is 9.89. The topological polar surface area (TPSA) is 202 Å². The Morgan fingerprint density at radius 3 is 2.41 bits per heavy atom. The van der Waals surface area contributed by atoms with Gasteiger partial charge in [-0.15, -0.1) is 5.06 Å². The number of aromatic nitrogens is 2. The van der Waals surface area contributed by atoms with Crippen LogP contribution in [0.15, 0.2) is 36.4 Å². The fourth-order valence-electron chi connectivity index (χ4n) is 5.62. The van der Waals surface area contributed by atoms with Crippen LogP contribution >= 0.6 is 0 Å². The van der Waals surface area contributed by atoms with E-state index in [1.54, 1.807) is 37.3 Å². The minimum atomic E-state index is -3.27. The molecule has 3 aliphatic rings. The number of aliphatic carboxylic acids is 1. The molecule has 2 saturated heterocycles. The first kappa shape index (κ1) is 36.9. The Morgan fingerprint density at radius 2 is 1.76 bits per heavy atom. The van der Waals surface area contributed by atoms with Crippen molar-refractivity contribution >= 4 is 35.8 Å². The van der Waals surface area contributed by atoms with Crippen LogP contribution in [0.4, 0.5) is 13.6 Å². The number of carboxylic acid groups (broad SMARTS) is 1. The summed E-state index contributed by atoms with van der Waals surface area (Å²) in [6.07, 6.45) is -0.901. The van der Waals surface area contributed by atoms with Gasteiger partial charge in [-0.05, 0) is 38.3 Å². The molecule has 1 aromatic carbocycles. The number of carboxylic acids is 1. The standard InChI is InChI=1S/C32H39F2N7O10/c1-2-49-31(48)51-39-14-12-38(13-15-39)30(47)22(10-11-27(43)44)36-28(45)23-16-26(41(37-23)21-6-4-3-5-7-21)50-18-25(42)40-19-32(33,34)17-24(40)29(46)35-20-8-9-20/h3-7,16,20,22,24H,2,8-15,17-19H2,1H3,(H,35,46)(H,36,45)(H,43,44)/t22-,24-/m0/s1. The van der Waals surface area contributed by atoms with Gasteiger partial charge in [-0.1, -0.05) is 18.2 Å². The molecule has 19 heteroatoms. The van der Waals surface area contributed by atoms with E-state index in [1.165, 1.54) is 20.7 Å². The quantitative estimate of drug-likeness (QED) is 0.234. The minimum Gasteiger partial charge on any atom is -0.481 e. The molecule has 0 spiro atoms. The van der Waals surface area contributed by atoms with E-state index in [0.29, 0.717) is 5.69 Å². The van der Waals surface area contributed by atoms with E-state index < -0.39 is 79.8 Å². The van der Waals surface area contributed by atoms with Crippen LogP contribution in [0.5, 0.6) is 5.88 Å². The number of carbonyl (C=O) groups is 6. The van der Waals surface area contributed by atoms with Gasteiger partial charge in [0.1, 0.15) is 12.1 Å². The van der Waals surface area contributed by atoms with E-state index in [4.69, 9.17) is 14.3 Å². The Hall–Kier alpha value is -5.33. The number of nitrogens with zero attached hydrogens (tertiary/aromatic N) is 5. The van der Waals surface area contributed by atoms with Gasteiger partial charge in [0.25, 0.3) is 17.7 Å². The number of ether oxygens (including phenoxy) is 2. The molecular formula is C32H39F2N7O10. The van der Waals surface area contributed by atoms with Crippen LogP contribution in [0, 0.1) is 0 Å². The Bertz CT molecular complexity index is 1610. The van der Waals surface area contributed by atoms with Crippen LogP contribution in [0.1, 0.15) is 49.5 Å². The van der Waals surface area contributed by atoms with E-state index in [0.717, 1.165) is 17.7 Å². The smallest absolute Gasteiger partial charge is 0.481 e. The molecule has 3 heterocycles. The van der Waals surface area contributed by atoms with Crippen molar-refractivity contribution in [3.63, 3.8) is 0 Å². The molecule has 0 unspecified atom stereocenters. The lowest BCUT2D eigenvalue weighted by Crippen LogP contribution is -2.55. The predicted molar refractivity (Wildman–Crippen MR) is 170 cm³/mol. The van der Waals surface area contributed by atoms with E-state index in [2.05, 4.69) is 15.7 Å². The number of hydroxylamine groups is 2. The molecule has 1 aromatic heterocycles. The summed E-state index contributed by atoms with van der Waals surface area (Å²) in [5.41, 5.74) is 0.159. The number of benzene rings is 1.